The minimum Gasteiger partial charge on any atom is -0.354 e. The summed E-state index contributed by atoms with van der Waals surface area (Å²) in [5, 5.41) is 1.23. The summed E-state index contributed by atoms with van der Waals surface area (Å²) in [4.78, 5) is 18.3. The lowest BCUT2D eigenvalue weighted by Crippen LogP contribution is -2.28. The smallest absolute Gasteiger partial charge is 0.158 e. The number of nitrogens with zero attached hydrogens (tertiary/aromatic N) is 3. The second-order valence-electron chi connectivity index (χ2n) is 7.84. The average Bonchev–Trinajstić information content (AvgIpc) is 3.39. The van der Waals surface area contributed by atoms with Crippen LogP contribution < -0.4 is 0 Å². The Hall–Kier alpha value is -2.66. The lowest BCUT2D eigenvalue weighted by molar-refractivity contribution is 0.237. The van der Waals surface area contributed by atoms with Crippen molar-refractivity contribution in [1.29, 1.82) is 0 Å². The Morgan fingerprint density at radius 1 is 1.11 bits per heavy atom. The lowest BCUT2D eigenvalue weighted by atomic mass is 10.1. The summed E-state index contributed by atoms with van der Waals surface area (Å²) in [6.45, 7) is 2.97. The molecule has 2 N–H and O–H groups in total. The van der Waals surface area contributed by atoms with Crippen LogP contribution in [0, 0.1) is 6.92 Å². The Bertz CT molecular complexity index is 1100. The molecule has 5 heteroatoms. The van der Waals surface area contributed by atoms with Gasteiger partial charge < -0.3 is 9.97 Å². The van der Waals surface area contributed by atoms with Crippen LogP contribution in [-0.2, 0) is 6.54 Å². The summed E-state index contributed by atoms with van der Waals surface area (Å²) in [5.74, 6) is 0.887. The second kappa shape index (κ2) is 6.50. The number of rotatable bonds is 4. The first-order valence-electron chi connectivity index (χ1n) is 9.81. The number of H-pyrrole nitrogens is 2. The van der Waals surface area contributed by atoms with Crippen LogP contribution in [0.1, 0.15) is 37.1 Å². The fourth-order valence-electron chi connectivity index (χ4n) is 4.42. The van der Waals surface area contributed by atoms with E-state index in [2.05, 4.69) is 56.1 Å². The number of benzene rings is 1. The summed E-state index contributed by atoms with van der Waals surface area (Å²) in [7, 11) is 2.26. The molecule has 0 spiro atoms. The van der Waals surface area contributed by atoms with Gasteiger partial charge >= 0.3 is 0 Å². The van der Waals surface area contributed by atoms with Gasteiger partial charge in [0.1, 0.15) is 11.3 Å². The number of nitrogens with one attached hydrogen (secondary N) is 2. The number of hydrogen-bond donors (Lipinski definition) is 2. The van der Waals surface area contributed by atoms with Gasteiger partial charge in [0.15, 0.2) is 5.65 Å². The molecular weight excluding hydrogens is 334 g/mol. The average molecular weight is 359 g/mol. The number of aryl methyl sites for hydroxylation is 1. The van der Waals surface area contributed by atoms with Crippen molar-refractivity contribution in [2.45, 2.75) is 45.2 Å². The molecular formula is C22H25N5. The number of imidazole rings is 1. The Labute approximate surface area is 158 Å². The van der Waals surface area contributed by atoms with Gasteiger partial charge in [-0.3, -0.25) is 4.90 Å². The molecule has 27 heavy (non-hydrogen) atoms. The Morgan fingerprint density at radius 2 is 1.96 bits per heavy atom. The second-order valence-corrected chi connectivity index (χ2v) is 7.84. The van der Waals surface area contributed by atoms with Gasteiger partial charge in [0.05, 0.1) is 0 Å². The van der Waals surface area contributed by atoms with E-state index in [1.54, 1.807) is 0 Å². The fraction of sp³-hybridized carbons (Fsp3) is 0.364. The Balaban J connectivity index is 1.48. The van der Waals surface area contributed by atoms with E-state index in [1.165, 1.54) is 42.1 Å². The molecule has 1 aliphatic carbocycles. The first-order valence-corrected chi connectivity index (χ1v) is 9.81. The maximum atomic E-state index is 4.62. The number of hydrogen-bond acceptors (Lipinski definition) is 3. The van der Waals surface area contributed by atoms with E-state index in [0.29, 0.717) is 0 Å². The highest BCUT2D eigenvalue weighted by Crippen LogP contribution is 2.30. The molecule has 0 unspecified atom stereocenters. The van der Waals surface area contributed by atoms with E-state index < -0.39 is 0 Å². The third-order valence-electron chi connectivity index (χ3n) is 5.86. The van der Waals surface area contributed by atoms with Crippen LogP contribution in [0.2, 0.25) is 0 Å². The largest absolute Gasteiger partial charge is 0.354 e. The summed E-state index contributed by atoms with van der Waals surface area (Å²) in [6.07, 6.45) is 7.27. The van der Waals surface area contributed by atoms with Crippen LogP contribution in [0.15, 0.2) is 36.5 Å². The molecule has 5 rings (SSSR count). The monoisotopic (exact) mass is 359 g/mol. The number of aromatic amines is 2. The highest BCUT2D eigenvalue weighted by atomic mass is 15.1. The molecule has 0 saturated heterocycles. The van der Waals surface area contributed by atoms with Gasteiger partial charge in [0, 0.05) is 40.9 Å². The number of fused-ring (bicyclic) bond motifs is 2. The van der Waals surface area contributed by atoms with Crippen molar-refractivity contribution in [3.8, 4) is 11.3 Å². The van der Waals surface area contributed by atoms with E-state index in [1.807, 2.05) is 19.2 Å². The predicted molar refractivity (Wildman–Crippen MR) is 110 cm³/mol. The molecule has 5 nitrogen and oxygen atoms in total. The van der Waals surface area contributed by atoms with Gasteiger partial charge in [-0.1, -0.05) is 25.0 Å². The molecule has 1 aromatic carbocycles. The SMILES string of the molecule is Cc1nc2c(-c3cc4ccc(CN(C)C5CCCC5)cc4[nH]3)ccnc2[nH]1. The van der Waals surface area contributed by atoms with Crippen molar-refractivity contribution in [3.63, 3.8) is 0 Å². The van der Waals surface area contributed by atoms with E-state index >= 15 is 0 Å². The first kappa shape index (κ1) is 16.5. The van der Waals surface area contributed by atoms with Crippen LogP contribution in [0.5, 0.6) is 0 Å². The summed E-state index contributed by atoms with van der Waals surface area (Å²) < 4.78 is 0. The minimum atomic E-state index is 0.743. The zero-order chi connectivity index (χ0) is 18.4. The molecule has 3 aromatic heterocycles. The van der Waals surface area contributed by atoms with Crippen molar-refractivity contribution >= 4 is 22.1 Å². The van der Waals surface area contributed by atoms with Crippen molar-refractivity contribution in [2.75, 3.05) is 7.05 Å². The van der Waals surface area contributed by atoms with Crippen molar-refractivity contribution in [1.82, 2.24) is 24.8 Å². The van der Waals surface area contributed by atoms with Crippen LogP contribution >= 0.6 is 0 Å². The van der Waals surface area contributed by atoms with E-state index in [9.17, 15) is 0 Å². The molecule has 1 aliphatic rings. The molecule has 0 aliphatic heterocycles. The van der Waals surface area contributed by atoms with Crippen LogP contribution in [-0.4, -0.2) is 37.9 Å². The molecule has 0 radical (unpaired) electrons. The van der Waals surface area contributed by atoms with Gasteiger partial charge in [-0.2, -0.15) is 0 Å². The van der Waals surface area contributed by atoms with E-state index in [0.717, 1.165) is 40.8 Å². The quantitative estimate of drug-likeness (QED) is 0.551. The van der Waals surface area contributed by atoms with Gasteiger partial charge in [0.2, 0.25) is 0 Å². The molecule has 0 bridgehead atoms. The highest BCUT2D eigenvalue weighted by molar-refractivity contribution is 5.94. The van der Waals surface area contributed by atoms with E-state index in [4.69, 9.17) is 0 Å². The predicted octanol–water partition coefficient (Wildman–Crippen LogP) is 4.79. The maximum Gasteiger partial charge on any atom is 0.158 e. The van der Waals surface area contributed by atoms with Crippen molar-refractivity contribution in [2.24, 2.45) is 0 Å². The standard InChI is InChI=1S/C22H25N5/c1-14-24-21-18(9-10-23-22(21)25-14)20-12-16-8-7-15(11-19(16)26-20)13-27(2)17-5-3-4-6-17/h7-12,17,26H,3-6,13H2,1-2H3,(H,23,24,25). The van der Waals surface area contributed by atoms with E-state index in [-0.39, 0.29) is 0 Å². The lowest BCUT2D eigenvalue weighted by Gasteiger charge is -2.24. The van der Waals surface area contributed by atoms with Gasteiger partial charge in [-0.15, -0.1) is 0 Å². The summed E-state index contributed by atoms with van der Waals surface area (Å²) in [6, 6.07) is 11.8. The Kier molecular flexibility index (Phi) is 3.97. The third-order valence-corrected chi connectivity index (χ3v) is 5.86. The first-order chi connectivity index (χ1) is 13.2. The zero-order valence-electron chi connectivity index (χ0n) is 15.9. The topological polar surface area (TPSA) is 60.6 Å². The highest BCUT2D eigenvalue weighted by Gasteiger charge is 2.19. The molecule has 0 atom stereocenters. The molecule has 0 amide bonds. The van der Waals surface area contributed by atoms with Crippen molar-refractivity contribution in [3.05, 3.63) is 47.9 Å². The molecule has 1 saturated carbocycles. The molecule has 1 fully saturated rings. The molecule has 4 aromatic rings. The fourth-order valence-corrected chi connectivity index (χ4v) is 4.42. The minimum absolute atomic E-state index is 0.743. The van der Waals surface area contributed by atoms with Gasteiger partial charge in [0.25, 0.3) is 0 Å². The van der Waals surface area contributed by atoms with Gasteiger partial charge in [-0.25, -0.2) is 9.97 Å². The van der Waals surface area contributed by atoms with Crippen LogP contribution in [0.3, 0.4) is 0 Å². The van der Waals surface area contributed by atoms with Crippen molar-refractivity contribution < 1.29 is 0 Å². The molecule has 138 valence electrons. The zero-order valence-corrected chi connectivity index (χ0v) is 15.9. The van der Waals surface area contributed by atoms with Gasteiger partial charge in [-0.05, 0) is 50.6 Å². The normalized spacial score (nSPS) is 15.5. The number of aromatic nitrogens is 4. The Morgan fingerprint density at radius 3 is 2.81 bits per heavy atom. The molecule has 3 heterocycles. The summed E-state index contributed by atoms with van der Waals surface area (Å²) >= 11 is 0. The van der Waals surface area contributed by atoms with Crippen LogP contribution in [0.4, 0.5) is 0 Å². The third kappa shape index (κ3) is 3.02. The number of pyridine rings is 1. The summed E-state index contributed by atoms with van der Waals surface area (Å²) in [5.41, 5.74) is 6.47. The maximum absolute atomic E-state index is 4.62. The van der Waals surface area contributed by atoms with Crippen LogP contribution in [0.25, 0.3) is 33.3 Å².